The Hall–Kier alpha value is -0.420. The van der Waals surface area contributed by atoms with E-state index in [0.717, 1.165) is 32.1 Å². The van der Waals surface area contributed by atoms with Crippen molar-refractivity contribution in [2.45, 2.75) is 59.0 Å². The standard InChI is InChI=1S/C21H29IO2/c1-13-10-20(24)18(11-15-4-7-17(22)8-5-15)19-9-6-16(14(2)23)12-21(13,19)3/h4-5,7-8,13,16,18-20,24H,6,9-12H2,1-3H3/t13-,16-,18+,19+,20-,21+/m1/s1. The van der Waals surface area contributed by atoms with Gasteiger partial charge in [0, 0.05) is 9.49 Å². The summed E-state index contributed by atoms with van der Waals surface area (Å²) in [6.45, 7) is 6.41. The summed E-state index contributed by atoms with van der Waals surface area (Å²) in [5, 5.41) is 10.8. The number of aliphatic hydroxyl groups is 1. The van der Waals surface area contributed by atoms with Crippen molar-refractivity contribution in [2.75, 3.05) is 0 Å². The second-order valence-electron chi connectivity index (χ2n) is 8.40. The van der Waals surface area contributed by atoms with Gasteiger partial charge in [0.15, 0.2) is 0 Å². The minimum absolute atomic E-state index is 0.182. The largest absolute Gasteiger partial charge is 0.393 e. The third kappa shape index (κ3) is 3.44. The van der Waals surface area contributed by atoms with Gasteiger partial charge in [0.1, 0.15) is 5.78 Å². The van der Waals surface area contributed by atoms with Crippen LogP contribution in [-0.4, -0.2) is 17.0 Å². The first-order chi connectivity index (χ1) is 11.3. The summed E-state index contributed by atoms with van der Waals surface area (Å²) in [7, 11) is 0. The number of fused-ring (bicyclic) bond motifs is 1. The molecule has 24 heavy (non-hydrogen) atoms. The molecule has 2 fully saturated rings. The van der Waals surface area contributed by atoms with Gasteiger partial charge >= 0.3 is 0 Å². The molecule has 0 bridgehead atoms. The molecule has 0 amide bonds. The van der Waals surface area contributed by atoms with Gasteiger partial charge in [-0.2, -0.15) is 0 Å². The number of hydrogen-bond acceptors (Lipinski definition) is 2. The van der Waals surface area contributed by atoms with E-state index in [1.54, 1.807) is 6.92 Å². The Morgan fingerprint density at radius 3 is 2.58 bits per heavy atom. The number of aliphatic hydroxyl groups excluding tert-OH is 1. The number of benzene rings is 1. The molecule has 1 aromatic carbocycles. The van der Waals surface area contributed by atoms with Crippen LogP contribution in [0.4, 0.5) is 0 Å². The molecule has 2 aliphatic carbocycles. The van der Waals surface area contributed by atoms with E-state index < -0.39 is 0 Å². The Kier molecular flexibility index (Phi) is 5.41. The number of Topliss-reactive ketones (excluding diaryl/α,β-unsaturated/α-hetero) is 1. The Morgan fingerprint density at radius 1 is 1.29 bits per heavy atom. The summed E-state index contributed by atoms with van der Waals surface area (Å²) < 4.78 is 1.25. The van der Waals surface area contributed by atoms with Crippen LogP contribution >= 0.6 is 22.6 Å². The number of ketones is 1. The average Bonchev–Trinajstić information content (AvgIpc) is 2.53. The minimum atomic E-state index is -0.216. The molecule has 6 atom stereocenters. The molecule has 2 saturated carbocycles. The Bertz CT molecular complexity index is 596. The van der Waals surface area contributed by atoms with Gasteiger partial charge in [0.05, 0.1) is 6.10 Å². The van der Waals surface area contributed by atoms with E-state index in [0.29, 0.717) is 23.5 Å². The lowest BCUT2D eigenvalue weighted by molar-refractivity contribution is -0.134. The van der Waals surface area contributed by atoms with Crippen LogP contribution < -0.4 is 0 Å². The zero-order chi connectivity index (χ0) is 17.5. The topological polar surface area (TPSA) is 37.3 Å². The average molecular weight is 440 g/mol. The molecule has 0 saturated heterocycles. The Morgan fingerprint density at radius 2 is 1.96 bits per heavy atom. The second-order valence-corrected chi connectivity index (χ2v) is 9.65. The van der Waals surface area contributed by atoms with Gasteiger partial charge in [-0.1, -0.05) is 26.0 Å². The molecule has 1 N–H and O–H groups in total. The summed E-state index contributed by atoms with van der Waals surface area (Å²) >= 11 is 2.33. The molecule has 0 aliphatic heterocycles. The van der Waals surface area contributed by atoms with E-state index in [9.17, 15) is 9.90 Å². The Balaban J connectivity index is 1.84. The van der Waals surface area contributed by atoms with Crippen molar-refractivity contribution in [3.8, 4) is 0 Å². The number of halogens is 1. The van der Waals surface area contributed by atoms with Crippen molar-refractivity contribution < 1.29 is 9.90 Å². The number of carbonyl (C=O) groups is 1. The van der Waals surface area contributed by atoms with Gasteiger partial charge in [-0.15, -0.1) is 0 Å². The number of carbonyl (C=O) groups excluding carboxylic acids is 1. The maximum Gasteiger partial charge on any atom is 0.132 e. The van der Waals surface area contributed by atoms with Crippen LogP contribution in [0.2, 0.25) is 0 Å². The van der Waals surface area contributed by atoms with Gasteiger partial charge in [0.2, 0.25) is 0 Å². The van der Waals surface area contributed by atoms with E-state index in [1.807, 2.05) is 0 Å². The number of rotatable bonds is 3. The maximum absolute atomic E-state index is 11.9. The van der Waals surface area contributed by atoms with Crippen LogP contribution in [0, 0.1) is 32.7 Å². The Labute approximate surface area is 159 Å². The zero-order valence-electron chi connectivity index (χ0n) is 15.0. The first kappa shape index (κ1) is 18.4. The van der Waals surface area contributed by atoms with Crippen LogP contribution in [0.5, 0.6) is 0 Å². The van der Waals surface area contributed by atoms with Crippen LogP contribution in [-0.2, 0) is 11.2 Å². The first-order valence-corrected chi connectivity index (χ1v) is 10.3. The fourth-order valence-electron chi connectivity index (χ4n) is 5.36. The molecular formula is C21H29IO2. The highest BCUT2D eigenvalue weighted by atomic mass is 127. The lowest BCUT2D eigenvalue weighted by Gasteiger charge is -2.56. The second kappa shape index (κ2) is 7.06. The van der Waals surface area contributed by atoms with Crippen molar-refractivity contribution >= 4 is 28.4 Å². The molecule has 0 aromatic heterocycles. The lowest BCUT2D eigenvalue weighted by Crippen LogP contribution is -2.52. The predicted molar refractivity (Wildman–Crippen MR) is 106 cm³/mol. The van der Waals surface area contributed by atoms with E-state index in [4.69, 9.17) is 0 Å². The molecule has 132 valence electrons. The van der Waals surface area contributed by atoms with Crippen molar-refractivity contribution in [3.05, 3.63) is 33.4 Å². The fraction of sp³-hybridized carbons (Fsp3) is 0.667. The maximum atomic E-state index is 11.9. The third-order valence-electron chi connectivity index (χ3n) is 7.05. The minimum Gasteiger partial charge on any atom is -0.393 e. The van der Waals surface area contributed by atoms with Crippen LogP contribution in [0.3, 0.4) is 0 Å². The molecule has 0 heterocycles. The van der Waals surface area contributed by atoms with Crippen LogP contribution in [0.25, 0.3) is 0 Å². The highest BCUT2D eigenvalue weighted by Gasteiger charge is 2.52. The van der Waals surface area contributed by atoms with E-state index >= 15 is 0 Å². The lowest BCUT2D eigenvalue weighted by atomic mass is 9.49. The summed E-state index contributed by atoms with van der Waals surface area (Å²) in [4.78, 5) is 11.9. The van der Waals surface area contributed by atoms with E-state index in [2.05, 4.69) is 60.7 Å². The van der Waals surface area contributed by atoms with Gasteiger partial charge < -0.3 is 5.11 Å². The van der Waals surface area contributed by atoms with E-state index in [-0.39, 0.29) is 17.4 Å². The molecule has 0 radical (unpaired) electrons. The van der Waals surface area contributed by atoms with Crippen molar-refractivity contribution in [1.29, 1.82) is 0 Å². The summed E-state index contributed by atoms with van der Waals surface area (Å²) in [6, 6.07) is 8.70. The molecule has 2 nitrogen and oxygen atoms in total. The molecule has 2 aliphatic rings. The van der Waals surface area contributed by atoms with Crippen molar-refractivity contribution in [1.82, 2.24) is 0 Å². The first-order valence-electron chi connectivity index (χ1n) is 9.24. The van der Waals surface area contributed by atoms with Gasteiger partial charge in [-0.3, -0.25) is 4.79 Å². The number of hydrogen-bond donors (Lipinski definition) is 1. The van der Waals surface area contributed by atoms with E-state index in [1.165, 1.54) is 9.13 Å². The highest BCUT2D eigenvalue weighted by Crippen LogP contribution is 2.57. The fourth-order valence-corrected chi connectivity index (χ4v) is 5.72. The van der Waals surface area contributed by atoms with Crippen LogP contribution in [0.15, 0.2) is 24.3 Å². The normalized spacial score (nSPS) is 39.3. The molecule has 0 unspecified atom stereocenters. The SMILES string of the molecule is CC(=O)[C@@H]1CC[C@H]2[C@H](Cc3ccc(I)cc3)[C@H](O)C[C@@H](C)[C@]2(C)C1. The smallest absolute Gasteiger partial charge is 0.132 e. The van der Waals surface area contributed by atoms with Gasteiger partial charge in [0.25, 0.3) is 0 Å². The molecule has 3 rings (SSSR count). The predicted octanol–water partition coefficient (Wildman–Crippen LogP) is 4.86. The van der Waals surface area contributed by atoms with Gasteiger partial charge in [-0.25, -0.2) is 0 Å². The molecule has 0 spiro atoms. The van der Waals surface area contributed by atoms with Crippen molar-refractivity contribution in [3.63, 3.8) is 0 Å². The zero-order valence-corrected chi connectivity index (χ0v) is 17.1. The molecular weight excluding hydrogens is 411 g/mol. The molecule has 3 heteroatoms. The summed E-state index contributed by atoms with van der Waals surface area (Å²) in [6.07, 6.45) is 4.69. The highest BCUT2D eigenvalue weighted by molar-refractivity contribution is 14.1. The molecule has 1 aromatic rings. The van der Waals surface area contributed by atoms with Crippen LogP contribution in [0.1, 0.15) is 52.0 Å². The summed E-state index contributed by atoms with van der Waals surface area (Å²) in [5.74, 6) is 1.89. The summed E-state index contributed by atoms with van der Waals surface area (Å²) in [5.41, 5.74) is 1.51. The van der Waals surface area contributed by atoms with Gasteiger partial charge in [-0.05, 0) is 102 Å². The monoisotopic (exact) mass is 440 g/mol. The van der Waals surface area contributed by atoms with Crippen molar-refractivity contribution in [2.24, 2.45) is 29.1 Å². The third-order valence-corrected chi connectivity index (χ3v) is 7.77. The quantitative estimate of drug-likeness (QED) is 0.682.